The van der Waals surface area contributed by atoms with Crippen molar-refractivity contribution in [1.82, 2.24) is 9.88 Å². The molecule has 1 aliphatic heterocycles. The van der Waals surface area contributed by atoms with Gasteiger partial charge in [-0.2, -0.15) is 0 Å². The van der Waals surface area contributed by atoms with Crippen molar-refractivity contribution < 1.29 is 27.8 Å². The zero-order valence-corrected chi connectivity index (χ0v) is 20.8. The minimum absolute atomic E-state index is 0.105. The Bertz CT molecular complexity index is 1260. The summed E-state index contributed by atoms with van der Waals surface area (Å²) in [5.74, 6) is -0.741. The van der Waals surface area contributed by atoms with E-state index < -0.39 is 17.5 Å². The van der Waals surface area contributed by atoms with Crippen LogP contribution in [0.2, 0.25) is 0 Å². The fourth-order valence-electron chi connectivity index (χ4n) is 4.53. The van der Waals surface area contributed by atoms with Gasteiger partial charge in [-0.3, -0.25) is 9.59 Å². The van der Waals surface area contributed by atoms with Crippen molar-refractivity contribution >= 4 is 17.5 Å². The second-order valence-corrected chi connectivity index (χ2v) is 8.90. The Labute approximate surface area is 214 Å². The van der Waals surface area contributed by atoms with Gasteiger partial charge in [0.05, 0.1) is 20.4 Å². The normalized spacial score (nSPS) is 13.8. The minimum Gasteiger partial charge on any atom is -0.497 e. The summed E-state index contributed by atoms with van der Waals surface area (Å²) in [7, 11) is 3.19. The van der Waals surface area contributed by atoms with Gasteiger partial charge in [-0.05, 0) is 66.6 Å². The summed E-state index contributed by atoms with van der Waals surface area (Å²) in [4.78, 5) is 30.3. The van der Waals surface area contributed by atoms with Crippen molar-refractivity contribution in [2.45, 2.75) is 31.6 Å². The van der Waals surface area contributed by atoms with Gasteiger partial charge >= 0.3 is 0 Å². The Balaban J connectivity index is 1.28. The number of hydrogen-bond acceptors (Lipinski definition) is 5. The lowest BCUT2D eigenvalue weighted by molar-refractivity contribution is -0.116. The number of carbonyl (C=O) groups is 2. The molecule has 0 saturated carbocycles. The summed E-state index contributed by atoms with van der Waals surface area (Å²) < 4.78 is 37.7. The van der Waals surface area contributed by atoms with Crippen LogP contribution in [0.5, 0.6) is 11.5 Å². The first-order valence-electron chi connectivity index (χ1n) is 12.1. The number of piperidine rings is 1. The van der Waals surface area contributed by atoms with Crippen molar-refractivity contribution in [3.05, 3.63) is 83.2 Å². The molecule has 0 atom stereocenters. The number of ether oxygens (including phenoxy) is 2. The molecule has 3 aromatic rings. The molecule has 2 amide bonds. The number of amides is 2. The SMILES string of the molecule is COc1ccc(OC)c(CCC(=O)Nc2ccc(C3CCN(C(=O)c4ncc(F)cc4F)CC3)cc2)c1. The number of pyridine rings is 1. The second-order valence-electron chi connectivity index (χ2n) is 8.90. The van der Waals surface area contributed by atoms with Crippen molar-refractivity contribution in [1.29, 1.82) is 0 Å². The van der Waals surface area contributed by atoms with Gasteiger partial charge in [-0.1, -0.05) is 12.1 Å². The van der Waals surface area contributed by atoms with Crippen LogP contribution in [0.3, 0.4) is 0 Å². The number of aromatic nitrogens is 1. The first-order valence-corrected chi connectivity index (χ1v) is 12.1. The molecule has 1 aliphatic rings. The lowest BCUT2D eigenvalue weighted by Gasteiger charge is -2.32. The van der Waals surface area contributed by atoms with Crippen molar-refractivity contribution in [3.8, 4) is 11.5 Å². The van der Waals surface area contributed by atoms with Gasteiger partial charge in [0.2, 0.25) is 5.91 Å². The molecule has 1 N–H and O–H groups in total. The monoisotopic (exact) mass is 509 g/mol. The molecular weight excluding hydrogens is 480 g/mol. The molecule has 1 fully saturated rings. The molecule has 1 saturated heterocycles. The third-order valence-corrected chi connectivity index (χ3v) is 6.57. The lowest BCUT2D eigenvalue weighted by atomic mass is 9.89. The van der Waals surface area contributed by atoms with Crippen molar-refractivity contribution in [2.75, 3.05) is 32.6 Å². The van der Waals surface area contributed by atoms with Crippen LogP contribution in [-0.2, 0) is 11.2 Å². The first kappa shape index (κ1) is 26.1. The standard InChI is InChI=1S/C28H29F2N3O4/c1-36-23-8-9-25(37-2)20(15-23)5-10-26(34)32-22-6-3-18(4-7-22)19-11-13-33(14-12-19)28(35)27-24(30)16-21(29)17-31-27/h3-4,6-9,15-17,19H,5,10-14H2,1-2H3,(H,32,34). The van der Waals surface area contributed by atoms with Crippen LogP contribution >= 0.6 is 0 Å². The molecule has 0 unspecified atom stereocenters. The van der Waals surface area contributed by atoms with Crippen LogP contribution in [-0.4, -0.2) is 49.0 Å². The number of nitrogens with zero attached hydrogens (tertiary/aromatic N) is 2. The number of aryl methyl sites for hydroxylation is 1. The van der Waals surface area contributed by atoms with E-state index in [1.165, 1.54) is 0 Å². The Morgan fingerprint density at radius 1 is 1.03 bits per heavy atom. The number of benzene rings is 2. The number of likely N-dealkylation sites (tertiary alicyclic amines) is 1. The highest BCUT2D eigenvalue weighted by atomic mass is 19.1. The summed E-state index contributed by atoms with van der Waals surface area (Å²) in [6.45, 7) is 0.905. The van der Waals surface area contributed by atoms with Crippen LogP contribution in [0.4, 0.5) is 14.5 Å². The van der Waals surface area contributed by atoms with Crippen LogP contribution in [0.25, 0.3) is 0 Å². The molecule has 4 rings (SSSR count). The molecule has 194 valence electrons. The highest BCUT2D eigenvalue weighted by molar-refractivity contribution is 5.92. The maximum atomic E-state index is 13.9. The van der Waals surface area contributed by atoms with Gasteiger partial charge in [0.15, 0.2) is 11.5 Å². The Morgan fingerprint density at radius 3 is 2.41 bits per heavy atom. The van der Waals surface area contributed by atoms with Gasteiger partial charge in [0, 0.05) is 31.3 Å². The quantitative estimate of drug-likeness (QED) is 0.464. The fraction of sp³-hybridized carbons (Fsp3) is 0.321. The van der Waals surface area contributed by atoms with E-state index in [0.717, 1.165) is 17.3 Å². The number of anilines is 1. The molecule has 37 heavy (non-hydrogen) atoms. The van der Waals surface area contributed by atoms with Gasteiger partial charge in [-0.25, -0.2) is 13.8 Å². The average Bonchev–Trinajstić information content (AvgIpc) is 2.92. The summed E-state index contributed by atoms with van der Waals surface area (Å²) in [6.07, 6.45) is 3.07. The topological polar surface area (TPSA) is 80.8 Å². The maximum absolute atomic E-state index is 13.9. The zero-order chi connectivity index (χ0) is 26.4. The Hall–Kier alpha value is -4.01. The van der Waals surface area contributed by atoms with E-state index in [2.05, 4.69) is 10.3 Å². The van der Waals surface area contributed by atoms with E-state index in [-0.39, 0.29) is 17.5 Å². The maximum Gasteiger partial charge on any atom is 0.275 e. The molecule has 0 spiro atoms. The number of nitrogens with one attached hydrogen (secondary N) is 1. The smallest absolute Gasteiger partial charge is 0.275 e. The zero-order valence-electron chi connectivity index (χ0n) is 20.8. The van der Waals surface area contributed by atoms with Crippen molar-refractivity contribution in [3.63, 3.8) is 0 Å². The molecule has 9 heteroatoms. The molecule has 2 heterocycles. The molecule has 0 radical (unpaired) electrons. The van der Waals surface area contributed by atoms with Gasteiger partial charge in [0.25, 0.3) is 5.91 Å². The van der Waals surface area contributed by atoms with Crippen LogP contribution in [0, 0.1) is 11.6 Å². The van der Waals surface area contributed by atoms with E-state index in [1.54, 1.807) is 19.1 Å². The number of halogens is 2. The summed E-state index contributed by atoms with van der Waals surface area (Å²) in [5.41, 5.74) is 2.36. The predicted octanol–water partition coefficient (Wildman–Crippen LogP) is 4.97. The summed E-state index contributed by atoms with van der Waals surface area (Å²) >= 11 is 0. The number of hydrogen-bond donors (Lipinski definition) is 1. The van der Waals surface area contributed by atoms with Gasteiger partial charge in [0.1, 0.15) is 17.3 Å². The van der Waals surface area contributed by atoms with Gasteiger partial charge in [-0.15, -0.1) is 0 Å². The third-order valence-electron chi connectivity index (χ3n) is 6.57. The second kappa shape index (κ2) is 11.8. The van der Waals surface area contributed by atoms with Crippen LogP contribution < -0.4 is 14.8 Å². The molecule has 2 aromatic carbocycles. The van der Waals surface area contributed by atoms with E-state index in [0.29, 0.717) is 62.0 Å². The van der Waals surface area contributed by atoms with E-state index in [4.69, 9.17) is 9.47 Å². The average molecular weight is 510 g/mol. The third kappa shape index (κ3) is 6.41. The molecule has 7 nitrogen and oxygen atoms in total. The molecular formula is C28H29F2N3O4. The highest BCUT2D eigenvalue weighted by Crippen LogP contribution is 2.30. The molecule has 1 aromatic heterocycles. The number of rotatable bonds is 8. The Kier molecular flexibility index (Phi) is 8.32. The largest absolute Gasteiger partial charge is 0.497 e. The molecule has 0 aliphatic carbocycles. The Morgan fingerprint density at radius 2 is 1.76 bits per heavy atom. The number of methoxy groups -OCH3 is 2. The van der Waals surface area contributed by atoms with E-state index in [1.807, 2.05) is 42.5 Å². The molecule has 0 bridgehead atoms. The van der Waals surface area contributed by atoms with Crippen LogP contribution in [0.1, 0.15) is 46.8 Å². The summed E-state index contributed by atoms with van der Waals surface area (Å²) in [6, 6.07) is 13.9. The lowest BCUT2D eigenvalue weighted by Crippen LogP contribution is -2.38. The van der Waals surface area contributed by atoms with E-state index >= 15 is 0 Å². The summed E-state index contributed by atoms with van der Waals surface area (Å²) in [5, 5.41) is 2.92. The highest BCUT2D eigenvalue weighted by Gasteiger charge is 2.27. The predicted molar refractivity (Wildman–Crippen MR) is 135 cm³/mol. The minimum atomic E-state index is -0.951. The van der Waals surface area contributed by atoms with Crippen LogP contribution in [0.15, 0.2) is 54.7 Å². The number of carbonyl (C=O) groups excluding carboxylic acids is 2. The van der Waals surface area contributed by atoms with E-state index in [9.17, 15) is 18.4 Å². The fourth-order valence-corrected chi connectivity index (χ4v) is 4.53. The first-order chi connectivity index (χ1) is 17.9. The van der Waals surface area contributed by atoms with Crippen molar-refractivity contribution in [2.24, 2.45) is 0 Å². The van der Waals surface area contributed by atoms with Gasteiger partial charge < -0.3 is 19.7 Å².